The van der Waals surface area contributed by atoms with Crippen LogP contribution in [0.1, 0.15) is 33.9 Å². The van der Waals surface area contributed by atoms with E-state index in [9.17, 15) is 4.79 Å². The number of aryl methyl sites for hydroxylation is 1. The van der Waals surface area contributed by atoms with Crippen LogP contribution in [0.2, 0.25) is 0 Å². The molecule has 4 nitrogen and oxygen atoms in total. The van der Waals surface area contributed by atoms with Gasteiger partial charge in [0, 0.05) is 24.4 Å². The van der Waals surface area contributed by atoms with Gasteiger partial charge in [0.1, 0.15) is 5.75 Å². The van der Waals surface area contributed by atoms with Crippen LogP contribution < -0.4 is 4.74 Å². The Morgan fingerprint density at radius 2 is 1.54 bits per heavy atom. The molecule has 0 fully saturated rings. The molecule has 0 saturated carbocycles. The van der Waals surface area contributed by atoms with Gasteiger partial charge in [0.25, 0.3) is 0 Å². The first-order chi connectivity index (χ1) is 13.5. The highest BCUT2D eigenvalue weighted by Gasteiger charge is 2.26. The third kappa shape index (κ3) is 4.06. The summed E-state index contributed by atoms with van der Waals surface area (Å²) in [6, 6.07) is 19.8. The minimum Gasteiger partial charge on any atom is -0.496 e. The molecule has 0 saturated heterocycles. The maximum absolute atomic E-state index is 13.4. The van der Waals surface area contributed by atoms with Crippen LogP contribution in [0.25, 0.3) is 0 Å². The molecule has 0 bridgehead atoms. The molecule has 28 heavy (non-hydrogen) atoms. The Bertz CT molecular complexity index is 900. The standard InChI is InChI=1S/C24H26N2O2/c1-17-15-25-21(18(2)23(17)28-4)16-26(3)24(27)22(19-11-7-5-8-12-19)20-13-9-6-10-14-20/h5-15,22H,16H2,1-4H3. The van der Waals surface area contributed by atoms with E-state index >= 15 is 0 Å². The predicted octanol–water partition coefficient (Wildman–Crippen LogP) is 4.50. The molecule has 144 valence electrons. The molecule has 0 aliphatic carbocycles. The first-order valence-corrected chi connectivity index (χ1v) is 9.36. The fraction of sp³-hybridized carbons (Fsp3) is 0.250. The van der Waals surface area contributed by atoms with Crippen LogP contribution >= 0.6 is 0 Å². The van der Waals surface area contributed by atoms with Crippen LogP contribution in [0.4, 0.5) is 0 Å². The Hall–Kier alpha value is -3.14. The second-order valence-electron chi connectivity index (χ2n) is 6.99. The zero-order valence-corrected chi connectivity index (χ0v) is 16.8. The number of likely N-dealkylation sites (N-methyl/N-ethyl adjacent to an activating group) is 1. The van der Waals surface area contributed by atoms with E-state index in [2.05, 4.69) is 4.98 Å². The van der Waals surface area contributed by atoms with Gasteiger partial charge in [-0.25, -0.2) is 0 Å². The first-order valence-electron chi connectivity index (χ1n) is 9.36. The molecule has 2 aromatic carbocycles. The fourth-order valence-corrected chi connectivity index (χ4v) is 3.52. The van der Waals surface area contributed by atoms with Crippen molar-refractivity contribution in [2.45, 2.75) is 26.3 Å². The largest absolute Gasteiger partial charge is 0.496 e. The lowest BCUT2D eigenvalue weighted by Gasteiger charge is -2.25. The Morgan fingerprint density at radius 1 is 1.00 bits per heavy atom. The van der Waals surface area contributed by atoms with Crippen molar-refractivity contribution in [1.82, 2.24) is 9.88 Å². The third-order valence-electron chi connectivity index (χ3n) is 5.03. The van der Waals surface area contributed by atoms with Crippen molar-refractivity contribution >= 4 is 5.91 Å². The Labute approximate surface area is 166 Å². The van der Waals surface area contributed by atoms with E-state index in [1.165, 1.54) is 0 Å². The summed E-state index contributed by atoms with van der Waals surface area (Å²) in [6.07, 6.45) is 1.80. The van der Waals surface area contributed by atoms with Crippen LogP contribution in [0.5, 0.6) is 5.75 Å². The van der Waals surface area contributed by atoms with Crippen molar-refractivity contribution in [1.29, 1.82) is 0 Å². The summed E-state index contributed by atoms with van der Waals surface area (Å²) in [5.74, 6) is 0.520. The molecule has 0 atom stereocenters. The van der Waals surface area contributed by atoms with E-state index in [1.54, 1.807) is 18.2 Å². The number of hydrogen-bond donors (Lipinski definition) is 0. The smallest absolute Gasteiger partial charge is 0.234 e. The number of rotatable bonds is 6. The van der Waals surface area contributed by atoms with Crippen molar-refractivity contribution in [2.24, 2.45) is 0 Å². The SMILES string of the molecule is COc1c(C)cnc(CN(C)C(=O)C(c2ccccc2)c2ccccc2)c1C. The summed E-state index contributed by atoms with van der Waals surface area (Å²) >= 11 is 0. The topological polar surface area (TPSA) is 42.4 Å². The number of amides is 1. The quantitative estimate of drug-likeness (QED) is 0.638. The maximum atomic E-state index is 13.4. The average Bonchev–Trinajstić information content (AvgIpc) is 2.72. The van der Waals surface area contributed by atoms with Gasteiger partial charge in [-0.1, -0.05) is 60.7 Å². The van der Waals surface area contributed by atoms with Gasteiger partial charge in [-0.2, -0.15) is 0 Å². The van der Waals surface area contributed by atoms with Crippen LogP contribution in [-0.2, 0) is 11.3 Å². The van der Waals surface area contributed by atoms with Crippen molar-refractivity contribution in [2.75, 3.05) is 14.2 Å². The Morgan fingerprint density at radius 3 is 2.04 bits per heavy atom. The molecule has 3 aromatic rings. The van der Waals surface area contributed by atoms with E-state index in [1.807, 2.05) is 81.6 Å². The molecule has 0 unspecified atom stereocenters. The zero-order valence-electron chi connectivity index (χ0n) is 16.8. The van der Waals surface area contributed by atoms with Crippen LogP contribution in [-0.4, -0.2) is 29.9 Å². The van der Waals surface area contributed by atoms with Gasteiger partial charge in [-0.3, -0.25) is 9.78 Å². The number of ether oxygens (including phenoxy) is 1. The molecular formula is C24H26N2O2. The van der Waals surface area contributed by atoms with E-state index in [-0.39, 0.29) is 11.8 Å². The molecule has 0 N–H and O–H groups in total. The van der Waals surface area contributed by atoms with Gasteiger partial charge in [0.2, 0.25) is 5.91 Å². The fourth-order valence-electron chi connectivity index (χ4n) is 3.52. The van der Waals surface area contributed by atoms with Gasteiger partial charge in [0.15, 0.2) is 0 Å². The summed E-state index contributed by atoms with van der Waals surface area (Å²) in [5, 5.41) is 0. The van der Waals surface area contributed by atoms with Crippen molar-refractivity contribution < 1.29 is 9.53 Å². The number of hydrogen-bond acceptors (Lipinski definition) is 3. The number of benzene rings is 2. The second kappa shape index (κ2) is 8.70. The molecule has 0 aliphatic rings. The summed E-state index contributed by atoms with van der Waals surface area (Å²) in [7, 11) is 3.49. The monoisotopic (exact) mass is 374 g/mol. The number of pyridine rings is 1. The van der Waals surface area contributed by atoms with Crippen LogP contribution in [0.3, 0.4) is 0 Å². The number of methoxy groups -OCH3 is 1. The van der Waals surface area contributed by atoms with Gasteiger partial charge in [0.05, 0.1) is 25.3 Å². The maximum Gasteiger partial charge on any atom is 0.234 e. The highest BCUT2D eigenvalue weighted by molar-refractivity contribution is 5.87. The summed E-state index contributed by atoms with van der Waals surface area (Å²) in [6.45, 7) is 4.38. The Balaban J connectivity index is 1.91. The van der Waals surface area contributed by atoms with Crippen LogP contribution in [0, 0.1) is 13.8 Å². The summed E-state index contributed by atoms with van der Waals surface area (Å²) in [5.41, 5.74) is 4.77. The van der Waals surface area contributed by atoms with Gasteiger partial charge < -0.3 is 9.64 Å². The minimum atomic E-state index is -0.347. The van der Waals surface area contributed by atoms with Crippen molar-refractivity contribution in [3.05, 3.63) is 94.8 Å². The van der Waals surface area contributed by atoms with Crippen LogP contribution in [0.15, 0.2) is 66.9 Å². The lowest BCUT2D eigenvalue weighted by molar-refractivity contribution is -0.131. The highest BCUT2D eigenvalue weighted by Crippen LogP contribution is 2.28. The molecule has 0 spiro atoms. The molecule has 4 heteroatoms. The van der Waals surface area contributed by atoms with Gasteiger partial charge in [-0.05, 0) is 25.0 Å². The van der Waals surface area contributed by atoms with E-state index in [0.717, 1.165) is 33.7 Å². The first kappa shape index (κ1) is 19.6. The Kier molecular flexibility index (Phi) is 6.09. The van der Waals surface area contributed by atoms with Gasteiger partial charge in [-0.15, -0.1) is 0 Å². The average molecular weight is 374 g/mol. The molecule has 1 heterocycles. The van der Waals surface area contributed by atoms with Gasteiger partial charge >= 0.3 is 0 Å². The number of carbonyl (C=O) groups is 1. The van der Waals surface area contributed by atoms with E-state index < -0.39 is 0 Å². The predicted molar refractivity (Wildman–Crippen MR) is 111 cm³/mol. The third-order valence-corrected chi connectivity index (χ3v) is 5.03. The minimum absolute atomic E-state index is 0.0399. The lowest BCUT2D eigenvalue weighted by Crippen LogP contribution is -2.32. The molecular weight excluding hydrogens is 348 g/mol. The molecule has 0 radical (unpaired) electrons. The number of nitrogens with zero attached hydrogens (tertiary/aromatic N) is 2. The van der Waals surface area contributed by atoms with Crippen molar-refractivity contribution in [3.8, 4) is 5.75 Å². The van der Waals surface area contributed by atoms with E-state index in [4.69, 9.17) is 4.74 Å². The molecule has 1 amide bonds. The lowest BCUT2D eigenvalue weighted by atomic mass is 9.90. The second-order valence-corrected chi connectivity index (χ2v) is 6.99. The van der Waals surface area contributed by atoms with E-state index in [0.29, 0.717) is 6.54 Å². The molecule has 3 rings (SSSR count). The summed E-state index contributed by atoms with van der Waals surface area (Å²) in [4.78, 5) is 19.7. The zero-order chi connectivity index (χ0) is 20.1. The molecule has 1 aromatic heterocycles. The number of aromatic nitrogens is 1. The number of carbonyl (C=O) groups excluding carboxylic acids is 1. The van der Waals surface area contributed by atoms with Crippen molar-refractivity contribution in [3.63, 3.8) is 0 Å². The highest BCUT2D eigenvalue weighted by atomic mass is 16.5. The summed E-state index contributed by atoms with van der Waals surface area (Å²) < 4.78 is 5.50. The molecule has 0 aliphatic heterocycles. The normalized spacial score (nSPS) is 10.8.